The minimum absolute atomic E-state index is 0.257. The van der Waals surface area contributed by atoms with Gasteiger partial charge in [0.15, 0.2) is 5.96 Å². The lowest BCUT2D eigenvalue weighted by molar-refractivity contribution is 0.0203. The molecule has 0 unspecified atom stereocenters. The number of benzene rings is 1. The van der Waals surface area contributed by atoms with Crippen molar-refractivity contribution in [3.63, 3.8) is 0 Å². The van der Waals surface area contributed by atoms with Gasteiger partial charge >= 0.3 is 0 Å². The fourth-order valence-corrected chi connectivity index (χ4v) is 3.34. The van der Waals surface area contributed by atoms with Gasteiger partial charge in [0, 0.05) is 51.0 Å². The Morgan fingerprint density at radius 3 is 2.89 bits per heavy atom. The molecule has 0 aliphatic carbocycles. The van der Waals surface area contributed by atoms with Gasteiger partial charge in [0.2, 0.25) is 0 Å². The molecule has 2 N–H and O–H groups in total. The molecule has 28 heavy (non-hydrogen) atoms. The van der Waals surface area contributed by atoms with E-state index in [1.807, 2.05) is 6.92 Å². The molecule has 1 aliphatic heterocycles. The van der Waals surface area contributed by atoms with Gasteiger partial charge < -0.3 is 24.5 Å². The van der Waals surface area contributed by atoms with Crippen molar-refractivity contribution in [2.45, 2.75) is 32.7 Å². The monoisotopic (exact) mass is 391 g/mol. The summed E-state index contributed by atoms with van der Waals surface area (Å²) in [4.78, 5) is 4.23. The van der Waals surface area contributed by atoms with Gasteiger partial charge in [-0.15, -0.1) is 0 Å². The second kappa shape index (κ2) is 10.4. The van der Waals surface area contributed by atoms with Crippen molar-refractivity contribution >= 4 is 16.9 Å². The van der Waals surface area contributed by atoms with Gasteiger partial charge in [0.25, 0.3) is 0 Å². The number of rotatable bonds is 8. The van der Waals surface area contributed by atoms with Crippen LogP contribution >= 0.6 is 0 Å². The van der Waals surface area contributed by atoms with Gasteiger partial charge in [-0.2, -0.15) is 0 Å². The maximum atomic E-state index is 13.4. The molecule has 7 heteroatoms. The number of ether oxygens (including phenoxy) is 2. The normalized spacial score (nSPS) is 15.9. The number of aliphatic imine (C=N–C) groups is 1. The summed E-state index contributed by atoms with van der Waals surface area (Å²) in [5.41, 5.74) is 1.64. The summed E-state index contributed by atoms with van der Waals surface area (Å²) >= 11 is 0. The van der Waals surface area contributed by atoms with E-state index >= 15 is 0 Å². The Hall–Kier alpha value is -2.12. The van der Waals surface area contributed by atoms with E-state index in [1.165, 1.54) is 12.1 Å². The molecule has 0 spiro atoms. The Balaban J connectivity index is 1.36. The van der Waals surface area contributed by atoms with E-state index in [0.717, 1.165) is 68.9 Å². The third kappa shape index (κ3) is 5.69. The first-order valence-electron chi connectivity index (χ1n) is 9.95. The largest absolute Gasteiger partial charge is 0.459 e. The molecule has 0 atom stereocenters. The van der Waals surface area contributed by atoms with Gasteiger partial charge in [-0.1, -0.05) is 0 Å². The second-order valence-corrected chi connectivity index (χ2v) is 7.13. The number of hydrogen-bond donors (Lipinski definition) is 2. The maximum Gasteiger partial charge on any atom is 0.191 e. The third-order valence-electron chi connectivity index (χ3n) is 5.09. The third-order valence-corrected chi connectivity index (χ3v) is 5.09. The molecule has 2 aromatic rings. The van der Waals surface area contributed by atoms with E-state index in [1.54, 1.807) is 13.1 Å². The van der Waals surface area contributed by atoms with Gasteiger partial charge in [-0.25, -0.2) is 4.39 Å². The average molecular weight is 391 g/mol. The van der Waals surface area contributed by atoms with Crippen LogP contribution in [0, 0.1) is 18.7 Å². The lowest BCUT2D eigenvalue weighted by Gasteiger charge is -2.21. The first kappa shape index (κ1) is 20.6. The maximum absolute atomic E-state index is 13.4. The summed E-state index contributed by atoms with van der Waals surface area (Å²) < 4.78 is 30.4. The number of furan rings is 1. The van der Waals surface area contributed by atoms with Crippen molar-refractivity contribution in [1.29, 1.82) is 0 Å². The summed E-state index contributed by atoms with van der Waals surface area (Å²) in [5, 5.41) is 7.33. The minimum atomic E-state index is -0.257. The zero-order valence-electron chi connectivity index (χ0n) is 16.7. The fourth-order valence-electron chi connectivity index (χ4n) is 3.34. The second-order valence-electron chi connectivity index (χ2n) is 7.13. The van der Waals surface area contributed by atoms with E-state index in [0.29, 0.717) is 24.0 Å². The molecule has 154 valence electrons. The molecule has 0 bridgehead atoms. The molecule has 2 heterocycles. The first-order chi connectivity index (χ1) is 13.7. The number of aryl methyl sites for hydroxylation is 1. The van der Waals surface area contributed by atoms with Gasteiger partial charge in [0.1, 0.15) is 17.2 Å². The molecule has 0 amide bonds. The highest BCUT2D eigenvalue weighted by Gasteiger charge is 2.14. The van der Waals surface area contributed by atoms with E-state index in [-0.39, 0.29) is 5.82 Å². The zero-order valence-corrected chi connectivity index (χ0v) is 16.7. The van der Waals surface area contributed by atoms with E-state index in [4.69, 9.17) is 13.9 Å². The molecule has 1 aliphatic rings. The standard InChI is InChI=1S/C21H30FN3O3/c1-15-18-12-17(22)4-5-19(18)28-20(15)13-25-21(23-2)24-8-3-9-27-14-16-6-10-26-11-7-16/h4-5,12,16H,3,6-11,13-14H2,1-2H3,(H2,23,24,25). The lowest BCUT2D eigenvalue weighted by atomic mass is 10.0. The highest BCUT2D eigenvalue weighted by Crippen LogP contribution is 2.25. The topological polar surface area (TPSA) is 68.0 Å². The van der Waals surface area contributed by atoms with Gasteiger partial charge in [-0.3, -0.25) is 4.99 Å². The highest BCUT2D eigenvalue weighted by molar-refractivity contribution is 5.83. The van der Waals surface area contributed by atoms with E-state index in [9.17, 15) is 4.39 Å². The van der Waals surface area contributed by atoms with Crippen LogP contribution in [-0.2, 0) is 16.0 Å². The van der Waals surface area contributed by atoms with Gasteiger partial charge in [-0.05, 0) is 50.3 Å². The zero-order chi connectivity index (χ0) is 19.8. The van der Waals surface area contributed by atoms with Crippen LogP contribution in [0.25, 0.3) is 11.0 Å². The van der Waals surface area contributed by atoms with Crippen molar-refractivity contribution in [1.82, 2.24) is 10.6 Å². The van der Waals surface area contributed by atoms with Crippen LogP contribution in [-0.4, -0.2) is 46.0 Å². The van der Waals surface area contributed by atoms with Crippen LogP contribution in [0.15, 0.2) is 27.6 Å². The highest BCUT2D eigenvalue weighted by atomic mass is 19.1. The summed E-state index contributed by atoms with van der Waals surface area (Å²) in [7, 11) is 1.73. The molecular weight excluding hydrogens is 361 g/mol. The Bertz CT molecular complexity index is 785. The van der Waals surface area contributed by atoms with Crippen molar-refractivity contribution in [2.24, 2.45) is 10.9 Å². The summed E-state index contributed by atoms with van der Waals surface area (Å²) in [6.45, 7) is 6.47. The number of fused-ring (bicyclic) bond motifs is 1. The quantitative estimate of drug-likeness (QED) is 0.410. The molecule has 0 saturated carbocycles. The van der Waals surface area contributed by atoms with Crippen LogP contribution < -0.4 is 10.6 Å². The number of halogens is 1. The molecule has 6 nitrogen and oxygen atoms in total. The van der Waals surface area contributed by atoms with Crippen molar-refractivity contribution in [2.75, 3.05) is 40.0 Å². The number of nitrogens with zero attached hydrogens (tertiary/aromatic N) is 1. The van der Waals surface area contributed by atoms with E-state index in [2.05, 4.69) is 15.6 Å². The van der Waals surface area contributed by atoms with Crippen molar-refractivity contribution < 1.29 is 18.3 Å². The molecule has 1 fully saturated rings. The fraction of sp³-hybridized carbons (Fsp3) is 0.571. The summed E-state index contributed by atoms with van der Waals surface area (Å²) in [6, 6.07) is 4.58. The molecule has 1 aromatic heterocycles. The predicted octanol–water partition coefficient (Wildman–Crippen LogP) is 3.38. The average Bonchev–Trinajstić information content (AvgIpc) is 3.03. The van der Waals surface area contributed by atoms with Crippen molar-refractivity contribution in [3.05, 3.63) is 35.3 Å². The van der Waals surface area contributed by atoms with Gasteiger partial charge in [0.05, 0.1) is 6.54 Å². The number of nitrogens with one attached hydrogen (secondary N) is 2. The van der Waals surface area contributed by atoms with E-state index < -0.39 is 0 Å². The SMILES string of the molecule is CN=C(NCCCOCC1CCOCC1)NCc1oc2ccc(F)cc2c1C. The lowest BCUT2D eigenvalue weighted by Crippen LogP contribution is -2.37. The van der Waals surface area contributed by atoms with Crippen LogP contribution in [0.3, 0.4) is 0 Å². The van der Waals surface area contributed by atoms with Crippen LogP contribution in [0.4, 0.5) is 4.39 Å². The first-order valence-corrected chi connectivity index (χ1v) is 9.95. The smallest absolute Gasteiger partial charge is 0.191 e. The number of hydrogen-bond acceptors (Lipinski definition) is 4. The Morgan fingerprint density at radius 1 is 1.29 bits per heavy atom. The summed E-state index contributed by atoms with van der Waals surface area (Å²) in [5.74, 6) is 1.86. The molecule has 1 saturated heterocycles. The minimum Gasteiger partial charge on any atom is -0.459 e. The van der Waals surface area contributed by atoms with Crippen LogP contribution in [0.1, 0.15) is 30.6 Å². The molecular formula is C21H30FN3O3. The molecule has 0 radical (unpaired) electrons. The molecule has 1 aromatic carbocycles. The summed E-state index contributed by atoms with van der Waals surface area (Å²) in [6.07, 6.45) is 3.11. The Morgan fingerprint density at radius 2 is 2.11 bits per heavy atom. The van der Waals surface area contributed by atoms with Crippen molar-refractivity contribution in [3.8, 4) is 0 Å². The Labute approximate surface area is 165 Å². The van der Waals surface area contributed by atoms with Crippen LogP contribution in [0.2, 0.25) is 0 Å². The Kier molecular flexibility index (Phi) is 7.68. The predicted molar refractivity (Wildman–Crippen MR) is 108 cm³/mol. The van der Waals surface area contributed by atoms with Crippen LogP contribution in [0.5, 0.6) is 0 Å². The molecule has 3 rings (SSSR count). The number of guanidine groups is 1.